The zero-order valence-electron chi connectivity index (χ0n) is 12.5. The Bertz CT molecular complexity index is 544. The van der Waals surface area contributed by atoms with Gasteiger partial charge in [-0.25, -0.2) is 0 Å². The van der Waals surface area contributed by atoms with E-state index in [-0.39, 0.29) is 23.6 Å². The lowest BCUT2D eigenvalue weighted by Crippen LogP contribution is -2.43. The van der Waals surface area contributed by atoms with Crippen LogP contribution in [0.4, 0.5) is 5.95 Å². The molecule has 1 aromatic heterocycles. The molecule has 1 fully saturated rings. The summed E-state index contributed by atoms with van der Waals surface area (Å²) in [5.41, 5.74) is 5.81. The van der Waals surface area contributed by atoms with Crippen molar-refractivity contribution in [3.05, 3.63) is 0 Å². The lowest BCUT2D eigenvalue weighted by atomic mass is 10.2. The number of nitrogens with zero attached hydrogens (tertiary/aromatic N) is 4. The Labute approximate surface area is 132 Å². The SMILES string of the molecule is COC(=O)CSc1nnc(N)n1C(C)C(=O)N1CCOCC1. The summed E-state index contributed by atoms with van der Waals surface area (Å²) in [6.07, 6.45) is 0. The summed E-state index contributed by atoms with van der Waals surface area (Å²) < 4.78 is 11.4. The van der Waals surface area contributed by atoms with Crippen molar-refractivity contribution in [3.63, 3.8) is 0 Å². The number of carbonyl (C=O) groups is 2. The van der Waals surface area contributed by atoms with Crippen molar-refractivity contribution < 1.29 is 19.1 Å². The van der Waals surface area contributed by atoms with Gasteiger partial charge >= 0.3 is 5.97 Å². The molecular formula is C12H19N5O4S. The number of anilines is 1. The molecule has 1 aliphatic rings. The molecule has 0 aromatic carbocycles. The molecule has 0 bridgehead atoms. The van der Waals surface area contributed by atoms with Crippen LogP contribution in [-0.2, 0) is 19.1 Å². The highest BCUT2D eigenvalue weighted by molar-refractivity contribution is 7.99. The Morgan fingerprint density at radius 2 is 2.09 bits per heavy atom. The fourth-order valence-corrected chi connectivity index (χ4v) is 2.95. The second kappa shape index (κ2) is 7.45. The van der Waals surface area contributed by atoms with Gasteiger partial charge in [-0.3, -0.25) is 14.2 Å². The molecule has 9 nitrogen and oxygen atoms in total. The standard InChI is InChI=1S/C12H19N5O4S/c1-8(10(19)16-3-5-21-6-4-16)17-11(13)14-15-12(17)22-7-9(18)20-2/h8H,3-7H2,1-2H3,(H2,13,14). The third-order valence-corrected chi connectivity index (χ3v) is 4.22. The van der Waals surface area contributed by atoms with Crippen LogP contribution in [0.15, 0.2) is 5.16 Å². The van der Waals surface area contributed by atoms with E-state index in [9.17, 15) is 9.59 Å². The monoisotopic (exact) mass is 329 g/mol. The van der Waals surface area contributed by atoms with Gasteiger partial charge in [0.1, 0.15) is 6.04 Å². The number of esters is 1. The van der Waals surface area contributed by atoms with E-state index in [0.29, 0.717) is 31.5 Å². The summed E-state index contributed by atoms with van der Waals surface area (Å²) >= 11 is 1.13. The number of ether oxygens (including phenoxy) is 2. The first-order valence-electron chi connectivity index (χ1n) is 6.81. The third kappa shape index (κ3) is 3.69. The number of aromatic nitrogens is 3. The van der Waals surface area contributed by atoms with E-state index in [1.807, 2.05) is 0 Å². The molecule has 0 saturated carbocycles. The van der Waals surface area contributed by atoms with Crippen LogP contribution >= 0.6 is 11.8 Å². The number of amides is 1. The van der Waals surface area contributed by atoms with Crippen LogP contribution in [0.5, 0.6) is 0 Å². The third-order valence-electron chi connectivity index (χ3n) is 3.31. The fraction of sp³-hybridized carbons (Fsp3) is 0.667. The minimum atomic E-state index is -0.548. The summed E-state index contributed by atoms with van der Waals surface area (Å²) in [6, 6.07) is -0.548. The molecular weight excluding hydrogens is 310 g/mol. The fourth-order valence-electron chi connectivity index (χ4n) is 2.09. The van der Waals surface area contributed by atoms with Gasteiger partial charge in [0.25, 0.3) is 0 Å². The summed E-state index contributed by atoms with van der Waals surface area (Å²) in [5.74, 6) is -0.242. The number of methoxy groups -OCH3 is 1. The van der Waals surface area contributed by atoms with E-state index in [1.54, 1.807) is 11.8 Å². The molecule has 1 amide bonds. The maximum atomic E-state index is 12.5. The lowest BCUT2D eigenvalue weighted by Gasteiger charge is -2.30. The second-order valence-corrected chi connectivity index (χ2v) is 5.63. The molecule has 10 heteroatoms. The van der Waals surface area contributed by atoms with Gasteiger partial charge in [-0.2, -0.15) is 0 Å². The van der Waals surface area contributed by atoms with Crippen LogP contribution in [0, 0.1) is 0 Å². The van der Waals surface area contributed by atoms with Gasteiger partial charge in [0.2, 0.25) is 11.9 Å². The Balaban J connectivity index is 2.10. The Morgan fingerprint density at radius 1 is 1.41 bits per heavy atom. The van der Waals surface area contributed by atoms with Crippen molar-refractivity contribution in [2.75, 3.05) is 44.9 Å². The largest absolute Gasteiger partial charge is 0.468 e. The molecule has 1 saturated heterocycles. The first kappa shape index (κ1) is 16.6. The molecule has 1 aromatic rings. The molecule has 0 spiro atoms. The first-order chi connectivity index (χ1) is 10.5. The second-order valence-electron chi connectivity index (χ2n) is 4.69. The molecule has 2 rings (SSSR count). The highest BCUT2D eigenvalue weighted by atomic mass is 32.2. The highest BCUT2D eigenvalue weighted by Gasteiger charge is 2.27. The summed E-state index contributed by atoms with van der Waals surface area (Å²) in [6.45, 7) is 3.89. The maximum Gasteiger partial charge on any atom is 0.316 e. The average Bonchev–Trinajstić information content (AvgIpc) is 2.92. The molecule has 1 unspecified atom stereocenters. The van der Waals surface area contributed by atoms with Crippen molar-refractivity contribution in [2.24, 2.45) is 0 Å². The first-order valence-corrected chi connectivity index (χ1v) is 7.79. The molecule has 0 aliphatic carbocycles. The summed E-state index contributed by atoms with van der Waals surface area (Å²) in [4.78, 5) is 25.5. The van der Waals surface area contributed by atoms with Crippen LogP contribution in [0.25, 0.3) is 0 Å². The number of thioether (sulfide) groups is 1. The Hall–Kier alpha value is -1.81. The predicted octanol–water partition coefficient (Wildman–Crippen LogP) is -0.455. The van der Waals surface area contributed by atoms with E-state index in [1.165, 1.54) is 11.7 Å². The number of rotatable bonds is 5. The normalized spacial score (nSPS) is 16.4. The molecule has 2 heterocycles. The van der Waals surface area contributed by atoms with E-state index in [2.05, 4.69) is 14.9 Å². The molecule has 1 aliphatic heterocycles. The van der Waals surface area contributed by atoms with Crippen LogP contribution in [0.1, 0.15) is 13.0 Å². The number of nitrogen functional groups attached to an aromatic ring is 1. The van der Waals surface area contributed by atoms with Crippen LogP contribution < -0.4 is 5.73 Å². The summed E-state index contributed by atoms with van der Waals surface area (Å²) in [7, 11) is 1.31. The highest BCUT2D eigenvalue weighted by Crippen LogP contribution is 2.24. The smallest absolute Gasteiger partial charge is 0.316 e. The molecule has 2 N–H and O–H groups in total. The molecule has 1 atom stereocenters. The van der Waals surface area contributed by atoms with Crippen LogP contribution in [0.3, 0.4) is 0 Å². The van der Waals surface area contributed by atoms with Crippen LogP contribution in [-0.4, -0.2) is 70.7 Å². The van der Waals surface area contributed by atoms with Gasteiger partial charge in [0, 0.05) is 13.1 Å². The van der Waals surface area contributed by atoms with Gasteiger partial charge in [-0.1, -0.05) is 11.8 Å². The number of hydrogen-bond acceptors (Lipinski definition) is 8. The van der Waals surface area contributed by atoms with Gasteiger partial charge in [-0.05, 0) is 6.92 Å². The minimum absolute atomic E-state index is 0.0743. The lowest BCUT2D eigenvalue weighted by molar-refractivity contribution is -0.138. The van der Waals surface area contributed by atoms with Gasteiger partial charge in [0.05, 0.1) is 26.1 Å². The number of carbonyl (C=O) groups excluding carboxylic acids is 2. The van der Waals surface area contributed by atoms with Gasteiger partial charge in [0.15, 0.2) is 5.16 Å². The average molecular weight is 329 g/mol. The van der Waals surface area contributed by atoms with Crippen molar-refractivity contribution in [1.82, 2.24) is 19.7 Å². The minimum Gasteiger partial charge on any atom is -0.468 e. The zero-order valence-corrected chi connectivity index (χ0v) is 13.3. The van der Waals surface area contributed by atoms with E-state index < -0.39 is 6.04 Å². The van der Waals surface area contributed by atoms with E-state index in [0.717, 1.165) is 11.8 Å². The predicted molar refractivity (Wildman–Crippen MR) is 79.3 cm³/mol. The molecule has 122 valence electrons. The van der Waals surface area contributed by atoms with E-state index >= 15 is 0 Å². The van der Waals surface area contributed by atoms with Crippen molar-refractivity contribution >= 4 is 29.6 Å². The van der Waals surface area contributed by atoms with Crippen LogP contribution in [0.2, 0.25) is 0 Å². The van der Waals surface area contributed by atoms with Crippen molar-refractivity contribution in [3.8, 4) is 0 Å². The van der Waals surface area contributed by atoms with Crippen molar-refractivity contribution in [1.29, 1.82) is 0 Å². The summed E-state index contributed by atoms with van der Waals surface area (Å²) in [5, 5.41) is 8.12. The molecule has 22 heavy (non-hydrogen) atoms. The van der Waals surface area contributed by atoms with Gasteiger partial charge in [-0.15, -0.1) is 10.2 Å². The maximum absolute atomic E-state index is 12.5. The Kier molecular flexibility index (Phi) is 5.61. The zero-order chi connectivity index (χ0) is 16.1. The quantitative estimate of drug-likeness (QED) is 0.571. The Morgan fingerprint density at radius 3 is 2.73 bits per heavy atom. The topological polar surface area (TPSA) is 113 Å². The number of nitrogens with two attached hydrogens (primary N) is 1. The van der Waals surface area contributed by atoms with E-state index in [4.69, 9.17) is 10.5 Å². The number of morpholine rings is 1. The number of hydrogen-bond donors (Lipinski definition) is 1. The molecule has 0 radical (unpaired) electrons. The van der Waals surface area contributed by atoms with Gasteiger partial charge < -0.3 is 20.1 Å². The van der Waals surface area contributed by atoms with Crippen molar-refractivity contribution in [2.45, 2.75) is 18.1 Å².